The van der Waals surface area contributed by atoms with E-state index in [9.17, 15) is 9.59 Å². The number of piperidine rings is 1. The van der Waals surface area contributed by atoms with Crippen LogP contribution in [0.1, 0.15) is 59.9 Å². The van der Waals surface area contributed by atoms with Gasteiger partial charge in [0.2, 0.25) is 0 Å². The quantitative estimate of drug-likeness (QED) is 0.456. The van der Waals surface area contributed by atoms with E-state index in [1.54, 1.807) is 7.11 Å². The third-order valence-corrected chi connectivity index (χ3v) is 6.71. The minimum Gasteiger partial charge on any atom is -0.488 e. The van der Waals surface area contributed by atoms with E-state index in [1.165, 1.54) is 0 Å². The number of aromatic nitrogens is 2. The molecule has 8 nitrogen and oxygen atoms in total. The van der Waals surface area contributed by atoms with Crippen molar-refractivity contribution in [3.05, 3.63) is 59.3 Å². The Kier molecular flexibility index (Phi) is 8.17. The number of carbonyl (C=O) groups excluding carboxylic acids is 2. The van der Waals surface area contributed by atoms with E-state index < -0.39 is 0 Å². The van der Waals surface area contributed by atoms with Crippen LogP contribution >= 0.6 is 0 Å². The number of carbonyl (C=O) groups is 2. The van der Waals surface area contributed by atoms with E-state index in [0.29, 0.717) is 30.2 Å². The first kappa shape index (κ1) is 26.7. The summed E-state index contributed by atoms with van der Waals surface area (Å²) >= 11 is 0. The number of methoxy groups -OCH3 is 1. The zero-order valence-corrected chi connectivity index (χ0v) is 22.5. The second-order valence-electron chi connectivity index (χ2n) is 10.7. The predicted octanol–water partition coefficient (Wildman–Crippen LogP) is 4.45. The number of nitrogens with one attached hydrogen (secondary N) is 1. The Morgan fingerprint density at radius 1 is 1.08 bits per heavy atom. The van der Waals surface area contributed by atoms with Crippen molar-refractivity contribution in [1.82, 2.24) is 20.0 Å². The molecule has 2 amide bonds. The second kappa shape index (κ2) is 11.3. The van der Waals surface area contributed by atoms with Crippen LogP contribution in [0.2, 0.25) is 0 Å². The summed E-state index contributed by atoms with van der Waals surface area (Å²) in [6, 6.07) is 11.2. The molecule has 2 aromatic carbocycles. The third-order valence-electron chi connectivity index (χ3n) is 6.71. The molecule has 0 spiro atoms. The summed E-state index contributed by atoms with van der Waals surface area (Å²) < 4.78 is 12.9. The number of hydrogen-bond donors (Lipinski definition) is 1. The molecule has 198 valence electrons. The highest BCUT2D eigenvalue weighted by atomic mass is 16.5. The van der Waals surface area contributed by atoms with Crippen LogP contribution < -0.4 is 10.1 Å². The van der Waals surface area contributed by atoms with Crippen LogP contribution in [0, 0.1) is 12.8 Å². The molecule has 0 unspecified atom stereocenters. The van der Waals surface area contributed by atoms with Crippen molar-refractivity contribution in [3.8, 4) is 5.75 Å². The maximum Gasteiger partial charge on any atom is 0.253 e. The Labute approximate surface area is 218 Å². The lowest BCUT2D eigenvalue weighted by atomic mass is 9.96. The fraction of sp³-hybridized carbons (Fsp3) is 0.483. The van der Waals surface area contributed by atoms with E-state index in [0.717, 1.165) is 54.7 Å². The van der Waals surface area contributed by atoms with Crippen LogP contribution in [-0.4, -0.2) is 65.4 Å². The SMILES string of the molecule is COCCNC(=O)c1ccc2nn(CC3CCN(C(=O)c4ccc(OC(C)(C)C)cc4)CC3)cc2c1C. The lowest BCUT2D eigenvalue weighted by Gasteiger charge is -2.32. The maximum absolute atomic E-state index is 13.0. The van der Waals surface area contributed by atoms with E-state index in [1.807, 2.05) is 79.9 Å². The first-order valence-electron chi connectivity index (χ1n) is 13.0. The van der Waals surface area contributed by atoms with Crippen molar-refractivity contribution in [2.24, 2.45) is 5.92 Å². The monoisotopic (exact) mass is 506 g/mol. The van der Waals surface area contributed by atoms with Gasteiger partial charge < -0.3 is 19.7 Å². The number of fused-ring (bicyclic) bond motifs is 1. The predicted molar refractivity (Wildman–Crippen MR) is 144 cm³/mol. The molecule has 0 radical (unpaired) electrons. The Bertz CT molecular complexity index is 1240. The average Bonchev–Trinajstić information content (AvgIpc) is 3.27. The first-order chi connectivity index (χ1) is 17.6. The van der Waals surface area contributed by atoms with Crippen molar-refractivity contribution in [1.29, 1.82) is 0 Å². The Morgan fingerprint density at radius 3 is 2.43 bits per heavy atom. The highest BCUT2D eigenvalue weighted by Crippen LogP contribution is 2.25. The van der Waals surface area contributed by atoms with Gasteiger partial charge in [-0.05, 0) is 88.4 Å². The molecule has 0 bridgehead atoms. The first-order valence-corrected chi connectivity index (χ1v) is 13.0. The lowest BCUT2D eigenvalue weighted by Crippen LogP contribution is -2.39. The Balaban J connectivity index is 1.33. The summed E-state index contributed by atoms with van der Waals surface area (Å²) in [6.07, 6.45) is 3.90. The van der Waals surface area contributed by atoms with Gasteiger partial charge in [-0.1, -0.05) is 0 Å². The summed E-state index contributed by atoms with van der Waals surface area (Å²) in [7, 11) is 1.61. The van der Waals surface area contributed by atoms with Gasteiger partial charge in [0, 0.05) is 56.0 Å². The molecule has 1 N–H and O–H groups in total. The maximum atomic E-state index is 13.0. The van der Waals surface area contributed by atoms with Crippen LogP contribution in [0.15, 0.2) is 42.6 Å². The smallest absolute Gasteiger partial charge is 0.253 e. The molecule has 4 rings (SSSR count). The van der Waals surface area contributed by atoms with Crippen LogP contribution in [-0.2, 0) is 11.3 Å². The van der Waals surface area contributed by atoms with E-state index >= 15 is 0 Å². The molecule has 8 heteroatoms. The summed E-state index contributed by atoms with van der Waals surface area (Å²) in [5.41, 5.74) is 2.90. The summed E-state index contributed by atoms with van der Waals surface area (Å²) in [5, 5.41) is 8.63. The van der Waals surface area contributed by atoms with Crippen LogP contribution in [0.5, 0.6) is 5.75 Å². The largest absolute Gasteiger partial charge is 0.488 e. The minimum atomic E-state index is -0.270. The molecule has 1 aliphatic heterocycles. The van der Waals surface area contributed by atoms with Gasteiger partial charge >= 0.3 is 0 Å². The van der Waals surface area contributed by atoms with Crippen molar-refractivity contribution in [3.63, 3.8) is 0 Å². The average molecular weight is 507 g/mol. The highest BCUT2D eigenvalue weighted by Gasteiger charge is 2.25. The third kappa shape index (κ3) is 6.68. The number of benzene rings is 2. The number of aryl methyl sites for hydroxylation is 1. The van der Waals surface area contributed by atoms with Gasteiger partial charge in [-0.3, -0.25) is 14.3 Å². The van der Waals surface area contributed by atoms with Crippen LogP contribution in [0.4, 0.5) is 0 Å². The molecule has 37 heavy (non-hydrogen) atoms. The van der Waals surface area contributed by atoms with Crippen LogP contribution in [0.3, 0.4) is 0 Å². The van der Waals surface area contributed by atoms with Gasteiger partial charge in [0.05, 0.1) is 12.1 Å². The van der Waals surface area contributed by atoms with Crippen molar-refractivity contribution < 1.29 is 19.1 Å². The van der Waals surface area contributed by atoms with Crippen molar-refractivity contribution >= 4 is 22.7 Å². The number of rotatable bonds is 8. The molecule has 3 aromatic rings. The molecular formula is C29H38N4O4. The molecule has 1 aliphatic rings. The minimum absolute atomic E-state index is 0.0671. The topological polar surface area (TPSA) is 85.7 Å². The number of amides is 2. The molecule has 1 fully saturated rings. The molecule has 2 heterocycles. The molecule has 0 atom stereocenters. The Morgan fingerprint density at radius 2 is 1.78 bits per heavy atom. The molecule has 0 saturated carbocycles. The lowest BCUT2D eigenvalue weighted by molar-refractivity contribution is 0.0681. The van der Waals surface area contributed by atoms with Crippen LogP contribution in [0.25, 0.3) is 10.9 Å². The fourth-order valence-electron chi connectivity index (χ4n) is 4.77. The zero-order valence-electron chi connectivity index (χ0n) is 22.5. The molecule has 1 saturated heterocycles. The van der Waals surface area contributed by atoms with E-state index in [4.69, 9.17) is 14.6 Å². The standard InChI is InChI=1S/C29H38N4O4/c1-20-24(27(34)30-14-17-36-5)10-11-26-25(20)19-33(31-26)18-21-12-15-32(16-13-21)28(35)22-6-8-23(9-7-22)37-29(2,3)4/h6-11,19,21H,12-18H2,1-5H3,(H,30,34). The number of nitrogens with zero attached hydrogens (tertiary/aromatic N) is 3. The normalized spacial score (nSPS) is 14.7. The van der Waals surface area contributed by atoms with Gasteiger partial charge in [-0.15, -0.1) is 0 Å². The number of ether oxygens (including phenoxy) is 2. The molecule has 0 aliphatic carbocycles. The van der Waals surface area contributed by atoms with Gasteiger partial charge in [0.1, 0.15) is 11.4 Å². The van der Waals surface area contributed by atoms with E-state index in [-0.39, 0.29) is 17.4 Å². The molecular weight excluding hydrogens is 468 g/mol. The van der Waals surface area contributed by atoms with E-state index in [2.05, 4.69) is 5.32 Å². The number of likely N-dealkylation sites (tertiary alicyclic amines) is 1. The molecule has 1 aromatic heterocycles. The second-order valence-corrected chi connectivity index (χ2v) is 10.7. The fourth-order valence-corrected chi connectivity index (χ4v) is 4.77. The van der Waals surface area contributed by atoms with Crippen molar-refractivity contribution in [2.45, 2.75) is 52.7 Å². The summed E-state index contributed by atoms with van der Waals surface area (Å²) in [6.45, 7) is 11.2. The summed E-state index contributed by atoms with van der Waals surface area (Å²) in [5.74, 6) is 1.18. The van der Waals surface area contributed by atoms with Gasteiger partial charge in [-0.2, -0.15) is 5.10 Å². The van der Waals surface area contributed by atoms with Gasteiger partial charge in [0.15, 0.2) is 0 Å². The number of hydrogen-bond acceptors (Lipinski definition) is 5. The Hall–Kier alpha value is -3.39. The zero-order chi connectivity index (χ0) is 26.6. The van der Waals surface area contributed by atoms with Gasteiger partial charge in [-0.25, -0.2) is 0 Å². The van der Waals surface area contributed by atoms with Gasteiger partial charge in [0.25, 0.3) is 11.8 Å². The van der Waals surface area contributed by atoms with Crippen molar-refractivity contribution in [2.75, 3.05) is 33.4 Å². The summed E-state index contributed by atoms with van der Waals surface area (Å²) in [4.78, 5) is 27.5. The highest BCUT2D eigenvalue weighted by molar-refractivity contribution is 6.00.